The number of aromatic nitrogens is 2. The van der Waals surface area contributed by atoms with Crippen LogP contribution in [0.2, 0.25) is 5.02 Å². The zero-order chi connectivity index (χ0) is 25.4. The van der Waals surface area contributed by atoms with Crippen molar-refractivity contribution in [2.75, 3.05) is 36.0 Å². The summed E-state index contributed by atoms with van der Waals surface area (Å²) in [6.45, 7) is 6.86. The van der Waals surface area contributed by atoms with Gasteiger partial charge in [-0.3, -0.25) is 18.9 Å². The number of thiocarbonyl (C=S) groups is 1. The van der Waals surface area contributed by atoms with Crippen LogP contribution in [0.15, 0.2) is 58.4 Å². The van der Waals surface area contributed by atoms with Gasteiger partial charge in [-0.2, -0.15) is 0 Å². The molecule has 1 aromatic carbocycles. The second-order valence-electron chi connectivity index (χ2n) is 8.85. The lowest BCUT2D eigenvalue weighted by Gasteiger charge is -2.37. The molecule has 10 heteroatoms. The molecule has 0 bridgehead atoms. The molecule has 2 aliphatic rings. The molecular formula is C26H26ClN5O2S2. The topological polar surface area (TPSA) is 61.2 Å². The number of nitrogens with zero attached hydrogens (tertiary/aromatic N) is 5. The Morgan fingerprint density at radius 2 is 1.86 bits per heavy atom. The number of pyridine rings is 1. The van der Waals surface area contributed by atoms with Gasteiger partial charge in [-0.15, -0.1) is 0 Å². The first-order valence-corrected chi connectivity index (χ1v) is 13.5. The molecule has 1 amide bonds. The Hall–Kier alpha value is -2.88. The van der Waals surface area contributed by atoms with Crippen molar-refractivity contribution in [2.24, 2.45) is 0 Å². The number of carbonyl (C=O) groups is 1. The van der Waals surface area contributed by atoms with E-state index in [1.165, 1.54) is 16.2 Å². The fourth-order valence-corrected chi connectivity index (χ4v) is 6.11. The Bertz CT molecular complexity index is 1430. The first-order valence-electron chi connectivity index (χ1n) is 11.9. The number of carbonyl (C=O) groups excluding carboxylic acids is 1. The summed E-state index contributed by atoms with van der Waals surface area (Å²) >= 11 is 12.9. The van der Waals surface area contributed by atoms with E-state index in [0.29, 0.717) is 44.4 Å². The minimum Gasteiger partial charge on any atom is -0.368 e. The van der Waals surface area contributed by atoms with Crippen LogP contribution in [0.1, 0.15) is 25.8 Å². The average molecular weight is 540 g/mol. The molecule has 0 spiro atoms. The van der Waals surface area contributed by atoms with Crippen molar-refractivity contribution >= 4 is 69.0 Å². The molecule has 2 fully saturated rings. The van der Waals surface area contributed by atoms with Crippen molar-refractivity contribution in [3.05, 3.63) is 74.5 Å². The first-order chi connectivity index (χ1) is 17.4. The van der Waals surface area contributed by atoms with Crippen molar-refractivity contribution < 1.29 is 4.79 Å². The molecule has 4 heterocycles. The Labute approximate surface area is 224 Å². The van der Waals surface area contributed by atoms with Crippen LogP contribution in [0.5, 0.6) is 0 Å². The number of hydrogen-bond donors (Lipinski definition) is 0. The lowest BCUT2D eigenvalue weighted by atomic mass is 10.2. The molecule has 2 aromatic heterocycles. The largest absolute Gasteiger partial charge is 0.368 e. The van der Waals surface area contributed by atoms with E-state index in [1.807, 2.05) is 50.2 Å². The number of piperazine rings is 1. The van der Waals surface area contributed by atoms with Crippen LogP contribution in [0.3, 0.4) is 0 Å². The van der Waals surface area contributed by atoms with Gasteiger partial charge in [0.25, 0.3) is 11.5 Å². The Balaban J connectivity index is 1.52. The van der Waals surface area contributed by atoms with Gasteiger partial charge in [-0.1, -0.05) is 54.6 Å². The molecule has 0 radical (unpaired) electrons. The van der Waals surface area contributed by atoms with Gasteiger partial charge in [0.15, 0.2) is 0 Å². The predicted molar refractivity (Wildman–Crippen MR) is 152 cm³/mol. The normalized spacial score (nSPS) is 18.5. The number of thioether (sulfide) groups is 1. The summed E-state index contributed by atoms with van der Waals surface area (Å²) < 4.78 is 2.04. The molecule has 2 aliphatic heterocycles. The summed E-state index contributed by atoms with van der Waals surface area (Å²) in [5.41, 5.74) is 1.84. The molecule has 186 valence electrons. The zero-order valence-electron chi connectivity index (χ0n) is 20.1. The lowest BCUT2D eigenvalue weighted by Crippen LogP contribution is -2.47. The number of fused-ring (bicyclic) bond motifs is 1. The molecule has 3 aromatic rings. The fraction of sp³-hybridized carbons (Fsp3) is 0.308. The first kappa shape index (κ1) is 24.8. The summed E-state index contributed by atoms with van der Waals surface area (Å²) in [6, 6.07) is 13.3. The highest BCUT2D eigenvalue weighted by molar-refractivity contribution is 8.26. The van der Waals surface area contributed by atoms with Crippen LogP contribution in [0.25, 0.3) is 11.7 Å². The number of anilines is 2. The van der Waals surface area contributed by atoms with Gasteiger partial charge < -0.3 is 9.80 Å². The summed E-state index contributed by atoms with van der Waals surface area (Å²) in [6.07, 6.45) is 4.17. The number of benzene rings is 1. The van der Waals surface area contributed by atoms with Gasteiger partial charge in [0.2, 0.25) is 0 Å². The highest BCUT2D eigenvalue weighted by atomic mass is 35.5. The summed E-state index contributed by atoms with van der Waals surface area (Å²) in [7, 11) is 0. The monoisotopic (exact) mass is 539 g/mol. The van der Waals surface area contributed by atoms with Crippen molar-refractivity contribution in [1.29, 1.82) is 0 Å². The number of rotatable bonds is 5. The number of amides is 1. The minimum absolute atomic E-state index is 0.00161. The molecule has 5 rings (SSSR count). The zero-order valence-corrected chi connectivity index (χ0v) is 22.4. The molecule has 36 heavy (non-hydrogen) atoms. The molecule has 1 atom stereocenters. The van der Waals surface area contributed by atoms with E-state index in [4.69, 9.17) is 28.8 Å². The molecule has 0 N–H and O–H groups in total. The van der Waals surface area contributed by atoms with Crippen molar-refractivity contribution in [1.82, 2.24) is 14.3 Å². The summed E-state index contributed by atoms with van der Waals surface area (Å²) in [5.74, 6) is 0.430. The Morgan fingerprint density at radius 3 is 2.58 bits per heavy atom. The van der Waals surface area contributed by atoms with Crippen LogP contribution >= 0.6 is 35.6 Å². The maximum absolute atomic E-state index is 13.6. The van der Waals surface area contributed by atoms with Gasteiger partial charge in [0, 0.05) is 49.1 Å². The van der Waals surface area contributed by atoms with Crippen LogP contribution in [-0.4, -0.2) is 56.7 Å². The van der Waals surface area contributed by atoms with Crippen molar-refractivity contribution in [3.63, 3.8) is 0 Å². The van der Waals surface area contributed by atoms with E-state index in [2.05, 4.69) is 9.80 Å². The molecule has 1 unspecified atom stereocenters. The summed E-state index contributed by atoms with van der Waals surface area (Å²) in [5, 5.41) is 0.705. The standard InChI is InChI=1S/C26H26ClN5O2S2/c1-3-17(2)32-25(34)21(36-26(32)35)16-20-23(28-22-9-4-5-10-31(22)24(20)33)30-13-11-29(12-14-30)19-8-6-7-18(27)15-19/h4-10,15-17H,3,11-14H2,1-2H3/b21-16-. The van der Waals surface area contributed by atoms with Crippen LogP contribution in [-0.2, 0) is 4.79 Å². The van der Waals surface area contributed by atoms with Gasteiger partial charge >= 0.3 is 0 Å². The quantitative estimate of drug-likeness (QED) is 0.345. The highest BCUT2D eigenvalue weighted by Gasteiger charge is 2.35. The number of halogens is 1. The molecule has 0 saturated carbocycles. The van der Waals surface area contributed by atoms with Crippen LogP contribution in [0.4, 0.5) is 11.5 Å². The van der Waals surface area contributed by atoms with Crippen LogP contribution in [0, 0.1) is 0 Å². The minimum atomic E-state index is -0.207. The lowest BCUT2D eigenvalue weighted by molar-refractivity contribution is -0.123. The third kappa shape index (κ3) is 4.63. The van der Waals surface area contributed by atoms with Crippen molar-refractivity contribution in [3.8, 4) is 0 Å². The molecular weight excluding hydrogens is 514 g/mol. The second-order valence-corrected chi connectivity index (χ2v) is 11.0. The third-order valence-electron chi connectivity index (χ3n) is 6.63. The van der Waals surface area contributed by atoms with Gasteiger partial charge in [0.1, 0.15) is 15.8 Å². The fourth-order valence-electron chi connectivity index (χ4n) is 4.48. The SMILES string of the molecule is CCC(C)N1C(=O)/C(=C/c2c(N3CCN(c4cccc(Cl)c4)CC3)nc3ccccn3c2=O)SC1=S. The molecule has 2 saturated heterocycles. The van der Waals surface area contributed by atoms with Gasteiger partial charge in [0.05, 0.1) is 10.5 Å². The third-order valence-corrected chi connectivity index (χ3v) is 8.20. The number of hydrogen-bond acceptors (Lipinski definition) is 7. The van der Waals surface area contributed by atoms with Gasteiger partial charge in [-0.05, 0) is 49.8 Å². The Morgan fingerprint density at radius 1 is 1.11 bits per heavy atom. The molecule has 0 aliphatic carbocycles. The maximum atomic E-state index is 13.6. The molecule has 7 nitrogen and oxygen atoms in total. The average Bonchev–Trinajstić information content (AvgIpc) is 3.17. The van der Waals surface area contributed by atoms with E-state index in [0.717, 1.165) is 25.2 Å². The van der Waals surface area contributed by atoms with Gasteiger partial charge in [-0.25, -0.2) is 4.98 Å². The van der Waals surface area contributed by atoms with E-state index in [1.54, 1.807) is 23.2 Å². The van der Waals surface area contributed by atoms with Crippen LogP contribution < -0.4 is 15.4 Å². The highest BCUT2D eigenvalue weighted by Crippen LogP contribution is 2.35. The smallest absolute Gasteiger partial charge is 0.267 e. The maximum Gasteiger partial charge on any atom is 0.267 e. The van der Waals surface area contributed by atoms with E-state index < -0.39 is 0 Å². The second kappa shape index (κ2) is 10.2. The summed E-state index contributed by atoms with van der Waals surface area (Å²) in [4.78, 5) is 38.2. The van der Waals surface area contributed by atoms with E-state index in [9.17, 15) is 9.59 Å². The predicted octanol–water partition coefficient (Wildman–Crippen LogP) is 4.67. The van der Waals surface area contributed by atoms with Crippen molar-refractivity contribution in [2.45, 2.75) is 26.3 Å². The van der Waals surface area contributed by atoms with E-state index >= 15 is 0 Å². The Kier molecular flexibility index (Phi) is 7.05. The van der Waals surface area contributed by atoms with E-state index in [-0.39, 0.29) is 17.5 Å².